The van der Waals surface area contributed by atoms with E-state index in [1.165, 1.54) is 64.2 Å². The summed E-state index contributed by atoms with van der Waals surface area (Å²) in [7, 11) is 0. The molecule has 0 spiro atoms. The lowest BCUT2D eigenvalue weighted by atomic mass is 10.1. The molecule has 0 fully saturated rings. The van der Waals surface area contributed by atoms with Crippen molar-refractivity contribution in [1.82, 2.24) is 0 Å². The van der Waals surface area contributed by atoms with Gasteiger partial charge in [-0.25, -0.2) is 0 Å². The third kappa shape index (κ3) is 21.5. The number of allylic oxidation sites excluding steroid dienone is 1. The summed E-state index contributed by atoms with van der Waals surface area (Å²) in [5.41, 5.74) is 3.12. The first-order valence-corrected chi connectivity index (χ1v) is 10.6. The number of halogens is 1. The van der Waals surface area contributed by atoms with Gasteiger partial charge < -0.3 is 4.74 Å². The summed E-state index contributed by atoms with van der Waals surface area (Å²) in [6.45, 7) is 3.73. The molecule has 0 amide bonds. The van der Waals surface area contributed by atoms with Gasteiger partial charge in [-0.15, -0.1) is 17.3 Å². The Bertz CT molecular complexity index is 316. The second-order valence-corrected chi connectivity index (χ2v) is 6.74. The molecule has 0 saturated carbocycles. The van der Waals surface area contributed by atoms with Crippen LogP contribution in [0.2, 0.25) is 0 Å². The van der Waals surface area contributed by atoms with Crippen LogP contribution in [0.5, 0.6) is 0 Å². The van der Waals surface area contributed by atoms with Crippen LogP contribution in [0.1, 0.15) is 90.4 Å². The number of unbranched alkanes of at least 4 members (excludes halogenated alkanes) is 10. The van der Waals surface area contributed by atoms with E-state index in [0.717, 1.165) is 31.7 Å². The van der Waals surface area contributed by atoms with Crippen molar-refractivity contribution in [3.63, 3.8) is 0 Å². The summed E-state index contributed by atoms with van der Waals surface area (Å²) < 4.78 is 5.52. The van der Waals surface area contributed by atoms with Crippen LogP contribution in [0.3, 0.4) is 0 Å². The molecule has 0 rings (SSSR count). The third-order valence-electron chi connectivity index (χ3n) is 3.99. The Kier molecular flexibility index (Phi) is 22.1. The fraction of sp³-hybridized carbons (Fsp3) is 0.773. The molecule has 0 N–H and O–H groups in total. The molecule has 0 saturated heterocycles. The molecule has 0 heterocycles. The number of hydrogen-bond acceptors (Lipinski definition) is 1. The predicted octanol–water partition coefficient (Wildman–Crippen LogP) is 7.60. The quantitative estimate of drug-likeness (QED) is 0.106. The average molecular weight is 355 g/mol. The summed E-state index contributed by atoms with van der Waals surface area (Å²) in [5, 5.41) is 0. The minimum absolute atomic E-state index is 0.656. The van der Waals surface area contributed by atoms with Gasteiger partial charge in [-0.2, -0.15) is 0 Å². The topological polar surface area (TPSA) is 9.23 Å². The molecule has 0 aromatic rings. The lowest BCUT2D eigenvalue weighted by Gasteiger charge is -2.00. The van der Waals surface area contributed by atoms with Crippen LogP contribution in [-0.2, 0) is 4.74 Å². The van der Waals surface area contributed by atoms with E-state index in [0.29, 0.717) is 6.61 Å². The highest BCUT2D eigenvalue weighted by molar-refractivity contribution is 6.17. The average Bonchev–Trinajstić information content (AvgIpc) is 2.60. The highest BCUT2D eigenvalue weighted by Crippen LogP contribution is 2.10. The van der Waals surface area contributed by atoms with Crippen LogP contribution in [-0.4, -0.2) is 19.1 Å². The lowest BCUT2D eigenvalue weighted by molar-refractivity contribution is 0.167. The van der Waals surface area contributed by atoms with Crippen LogP contribution in [0, 0.1) is 0 Å². The first-order valence-electron chi connectivity index (χ1n) is 10.1. The molecule has 0 unspecified atom stereocenters. The molecule has 0 aromatic carbocycles. The molecule has 0 atom stereocenters. The van der Waals surface area contributed by atoms with Crippen molar-refractivity contribution in [1.29, 1.82) is 0 Å². The van der Waals surface area contributed by atoms with Crippen molar-refractivity contribution in [3.05, 3.63) is 30.0 Å². The molecular formula is C22H39ClO. The number of hydrogen-bond donors (Lipinski definition) is 0. The first-order chi connectivity index (χ1) is 11.9. The lowest BCUT2D eigenvalue weighted by Crippen LogP contribution is -1.91. The van der Waals surface area contributed by atoms with Crippen molar-refractivity contribution in [3.8, 4) is 0 Å². The van der Waals surface area contributed by atoms with E-state index >= 15 is 0 Å². The zero-order valence-corrected chi connectivity index (χ0v) is 16.7. The summed E-state index contributed by atoms with van der Waals surface area (Å²) in [5.74, 6) is 0.722. The zero-order chi connectivity index (χ0) is 17.6. The molecule has 0 aliphatic heterocycles. The summed E-state index contributed by atoms with van der Waals surface area (Å²) in [4.78, 5) is 0. The molecule has 0 radical (unpaired) electrons. The Labute approximate surface area is 156 Å². The summed E-state index contributed by atoms with van der Waals surface area (Å²) in [6, 6.07) is 0. The standard InChI is InChI=1S/C22H39ClO/c1-2-3-4-5-6-7-8-9-10-11-12-15-18-21-24-22-19-16-13-14-17-20-23/h12-13,15,19H,2-11,14,17-18,20-22H2,1H3/b15-12-. The van der Waals surface area contributed by atoms with Crippen LogP contribution >= 0.6 is 11.6 Å². The van der Waals surface area contributed by atoms with Gasteiger partial charge in [0.1, 0.15) is 0 Å². The van der Waals surface area contributed by atoms with E-state index in [4.69, 9.17) is 16.3 Å². The normalized spacial score (nSPS) is 10.9. The second kappa shape index (κ2) is 22.5. The molecule has 140 valence electrons. The van der Waals surface area contributed by atoms with E-state index in [1.807, 2.05) is 12.2 Å². The molecule has 0 aromatic heterocycles. The molecule has 24 heavy (non-hydrogen) atoms. The van der Waals surface area contributed by atoms with Gasteiger partial charge in [0.25, 0.3) is 0 Å². The molecular weight excluding hydrogens is 316 g/mol. The van der Waals surface area contributed by atoms with Crippen molar-refractivity contribution >= 4 is 11.6 Å². The number of ether oxygens (including phenoxy) is 1. The molecule has 1 nitrogen and oxygen atoms in total. The molecule has 2 heteroatoms. The van der Waals surface area contributed by atoms with Gasteiger partial charge in [0.2, 0.25) is 0 Å². The van der Waals surface area contributed by atoms with Gasteiger partial charge in [-0.1, -0.05) is 70.4 Å². The van der Waals surface area contributed by atoms with Gasteiger partial charge in [-0.3, -0.25) is 0 Å². The third-order valence-corrected chi connectivity index (χ3v) is 4.26. The Morgan fingerprint density at radius 2 is 1.42 bits per heavy atom. The maximum absolute atomic E-state index is 5.60. The molecule has 0 aliphatic carbocycles. The second-order valence-electron chi connectivity index (χ2n) is 6.36. The first kappa shape index (κ1) is 23.5. The van der Waals surface area contributed by atoms with Crippen LogP contribution in [0.15, 0.2) is 30.0 Å². The van der Waals surface area contributed by atoms with E-state index < -0.39 is 0 Å². The number of rotatable bonds is 18. The SMILES string of the molecule is CCCCCCCCCCC/C=C\CCOCC=C=CCCCCl. The van der Waals surface area contributed by atoms with E-state index in [2.05, 4.69) is 24.8 Å². The van der Waals surface area contributed by atoms with Crippen molar-refractivity contribution in [2.45, 2.75) is 90.4 Å². The highest BCUT2D eigenvalue weighted by Gasteiger charge is 1.91. The van der Waals surface area contributed by atoms with Gasteiger partial charge in [0.15, 0.2) is 0 Å². The Morgan fingerprint density at radius 1 is 0.750 bits per heavy atom. The summed E-state index contributed by atoms with van der Waals surface area (Å²) >= 11 is 5.60. The Morgan fingerprint density at radius 3 is 2.12 bits per heavy atom. The van der Waals surface area contributed by atoms with Crippen LogP contribution < -0.4 is 0 Å². The van der Waals surface area contributed by atoms with E-state index in [-0.39, 0.29) is 0 Å². The van der Waals surface area contributed by atoms with Gasteiger partial charge in [0, 0.05) is 5.88 Å². The van der Waals surface area contributed by atoms with Crippen molar-refractivity contribution in [2.75, 3.05) is 19.1 Å². The fourth-order valence-electron chi connectivity index (χ4n) is 2.50. The Balaban J connectivity index is 3.17. The smallest absolute Gasteiger partial charge is 0.0721 e. The zero-order valence-electron chi connectivity index (χ0n) is 15.9. The monoisotopic (exact) mass is 354 g/mol. The highest BCUT2D eigenvalue weighted by atomic mass is 35.5. The van der Waals surface area contributed by atoms with E-state index in [1.54, 1.807) is 0 Å². The van der Waals surface area contributed by atoms with Crippen LogP contribution in [0.25, 0.3) is 0 Å². The van der Waals surface area contributed by atoms with Crippen LogP contribution in [0.4, 0.5) is 0 Å². The largest absolute Gasteiger partial charge is 0.376 e. The fourth-order valence-corrected chi connectivity index (χ4v) is 2.65. The maximum Gasteiger partial charge on any atom is 0.0721 e. The molecule has 0 bridgehead atoms. The summed E-state index contributed by atoms with van der Waals surface area (Å²) in [6.07, 6.45) is 25.4. The maximum atomic E-state index is 5.60. The van der Waals surface area contributed by atoms with Gasteiger partial charge in [-0.05, 0) is 44.3 Å². The van der Waals surface area contributed by atoms with E-state index in [9.17, 15) is 0 Å². The molecule has 0 aliphatic rings. The minimum Gasteiger partial charge on any atom is -0.376 e. The number of alkyl halides is 1. The Hall–Kier alpha value is -0.490. The van der Waals surface area contributed by atoms with Crippen molar-refractivity contribution < 1.29 is 4.74 Å². The minimum atomic E-state index is 0.656. The van der Waals surface area contributed by atoms with Crippen molar-refractivity contribution in [2.24, 2.45) is 0 Å². The van der Waals surface area contributed by atoms with Gasteiger partial charge in [0.05, 0.1) is 13.2 Å². The predicted molar refractivity (Wildman–Crippen MR) is 109 cm³/mol. The van der Waals surface area contributed by atoms with Gasteiger partial charge >= 0.3 is 0 Å².